The number of carbonyl (C=O) groups is 2. The number of halogens is 4. The molecular weight excluding hydrogens is 483 g/mol. The van der Waals surface area contributed by atoms with Crippen molar-refractivity contribution in [3.8, 4) is 11.5 Å². The minimum Gasteiger partial charge on any atom is -0.456 e. The molecule has 0 saturated carbocycles. The number of carbonyl (C=O) groups excluding carboxylic acids is 2. The maximum Gasteiger partial charge on any atom is 0.416 e. The zero-order chi connectivity index (χ0) is 24.3. The van der Waals surface area contributed by atoms with Gasteiger partial charge in [0.1, 0.15) is 17.1 Å². The second-order valence-corrected chi connectivity index (χ2v) is 8.39. The molecule has 2 aromatic rings. The lowest BCUT2D eigenvalue weighted by Crippen LogP contribution is -2.39. The van der Waals surface area contributed by atoms with Crippen LogP contribution >= 0.6 is 11.6 Å². The normalized spacial score (nSPS) is 11.7. The third-order valence-corrected chi connectivity index (χ3v) is 4.61. The Bertz CT molecular complexity index is 1190. The van der Waals surface area contributed by atoms with Crippen molar-refractivity contribution in [1.29, 1.82) is 0 Å². The highest BCUT2D eigenvalue weighted by Gasteiger charge is 2.31. The van der Waals surface area contributed by atoms with Gasteiger partial charge in [0.25, 0.3) is 11.6 Å². The number of hydrogen-bond acceptors (Lipinski definition) is 7. The van der Waals surface area contributed by atoms with E-state index in [0.717, 1.165) is 30.5 Å². The standard InChI is InChI=1S/C17H13ClF3N3O7S/c1-32(29,30)22-8-15(25)23-16(26)11-7-10(3-4-13(11)24(27)28)31-14-5-2-9(6-12(14)18)17(19,20)21/h2-7,22H,8H2,1H3,(H,23,25,26). The maximum atomic E-state index is 12.7. The van der Waals surface area contributed by atoms with Gasteiger partial charge in [-0.05, 0) is 24.3 Å². The minimum absolute atomic E-state index is 0.205. The van der Waals surface area contributed by atoms with Crippen molar-refractivity contribution in [2.45, 2.75) is 6.18 Å². The number of benzene rings is 2. The molecule has 0 unspecified atom stereocenters. The summed E-state index contributed by atoms with van der Waals surface area (Å²) >= 11 is 5.80. The first-order valence-corrected chi connectivity index (χ1v) is 10.6. The SMILES string of the molecule is CS(=O)(=O)NCC(=O)NC(=O)c1cc(Oc2ccc(C(F)(F)F)cc2Cl)ccc1[N+](=O)[O-]. The van der Waals surface area contributed by atoms with Gasteiger partial charge in [-0.15, -0.1) is 0 Å². The van der Waals surface area contributed by atoms with Crippen LogP contribution in [-0.2, 0) is 21.0 Å². The molecule has 172 valence electrons. The van der Waals surface area contributed by atoms with Crippen LogP contribution in [0.2, 0.25) is 5.02 Å². The van der Waals surface area contributed by atoms with Gasteiger partial charge < -0.3 is 4.74 Å². The monoisotopic (exact) mass is 495 g/mol. The van der Waals surface area contributed by atoms with Gasteiger partial charge in [0.05, 0.1) is 28.3 Å². The van der Waals surface area contributed by atoms with Crippen molar-refractivity contribution in [3.05, 3.63) is 62.7 Å². The zero-order valence-electron chi connectivity index (χ0n) is 15.9. The maximum absolute atomic E-state index is 12.7. The molecule has 10 nitrogen and oxygen atoms in total. The molecule has 0 saturated heterocycles. The molecule has 0 heterocycles. The first kappa shape index (κ1) is 25.0. The molecule has 15 heteroatoms. The molecule has 2 rings (SSSR count). The molecule has 0 atom stereocenters. The Labute approximate surface area is 183 Å². The van der Waals surface area contributed by atoms with Crippen LogP contribution in [0.1, 0.15) is 15.9 Å². The van der Waals surface area contributed by atoms with Gasteiger partial charge in [0, 0.05) is 12.1 Å². The third kappa shape index (κ3) is 6.90. The van der Waals surface area contributed by atoms with Crippen LogP contribution in [0.25, 0.3) is 0 Å². The summed E-state index contributed by atoms with van der Waals surface area (Å²) in [5.74, 6) is -2.76. The van der Waals surface area contributed by atoms with Crippen LogP contribution in [-0.4, -0.2) is 38.0 Å². The van der Waals surface area contributed by atoms with Gasteiger partial charge in [0.2, 0.25) is 15.9 Å². The molecule has 0 aromatic heterocycles. The van der Waals surface area contributed by atoms with Gasteiger partial charge >= 0.3 is 6.18 Å². The van der Waals surface area contributed by atoms with Crippen molar-refractivity contribution in [3.63, 3.8) is 0 Å². The van der Waals surface area contributed by atoms with Crippen molar-refractivity contribution < 1.29 is 40.8 Å². The smallest absolute Gasteiger partial charge is 0.416 e. The topological polar surface area (TPSA) is 145 Å². The van der Waals surface area contributed by atoms with E-state index in [1.165, 1.54) is 0 Å². The molecular formula is C17H13ClF3N3O7S. The van der Waals surface area contributed by atoms with E-state index in [1.54, 1.807) is 5.32 Å². The van der Waals surface area contributed by atoms with Crippen LogP contribution in [0.5, 0.6) is 11.5 Å². The Kier molecular flexibility index (Phi) is 7.43. The number of hydrogen-bond donors (Lipinski definition) is 2. The van der Waals surface area contributed by atoms with Crippen LogP contribution in [0.3, 0.4) is 0 Å². The third-order valence-electron chi connectivity index (χ3n) is 3.64. The molecule has 0 aliphatic heterocycles. The van der Waals surface area contributed by atoms with Crippen molar-refractivity contribution >= 4 is 39.1 Å². The molecule has 0 spiro atoms. The van der Waals surface area contributed by atoms with Gasteiger partial charge in [-0.1, -0.05) is 11.6 Å². The lowest BCUT2D eigenvalue weighted by atomic mass is 10.1. The molecule has 2 N–H and O–H groups in total. The van der Waals surface area contributed by atoms with E-state index in [0.29, 0.717) is 12.1 Å². The van der Waals surface area contributed by atoms with Crippen molar-refractivity contribution in [1.82, 2.24) is 10.0 Å². The quantitative estimate of drug-likeness (QED) is 0.443. The molecule has 0 fully saturated rings. The van der Waals surface area contributed by atoms with E-state index >= 15 is 0 Å². The lowest BCUT2D eigenvalue weighted by molar-refractivity contribution is -0.385. The average Bonchev–Trinajstić information content (AvgIpc) is 2.66. The summed E-state index contributed by atoms with van der Waals surface area (Å²) in [6, 6.07) is 5.06. The number of imide groups is 1. The van der Waals surface area contributed by atoms with E-state index < -0.39 is 61.3 Å². The van der Waals surface area contributed by atoms with Gasteiger partial charge in [-0.3, -0.25) is 25.0 Å². The fourth-order valence-corrected chi connectivity index (χ4v) is 2.85. The number of ether oxygens (including phenoxy) is 1. The molecule has 32 heavy (non-hydrogen) atoms. The second kappa shape index (κ2) is 9.50. The number of nitrogens with one attached hydrogen (secondary N) is 2. The zero-order valence-corrected chi connectivity index (χ0v) is 17.5. The molecule has 2 aromatic carbocycles. The summed E-state index contributed by atoms with van der Waals surface area (Å²) in [5, 5.41) is 12.6. The largest absolute Gasteiger partial charge is 0.456 e. The van der Waals surface area contributed by atoms with E-state index in [4.69, 9.17) is 16.3 Å². The first-order valence-electron chi connectivity index (χ1n) is 8.29. The number of rotatable bonds is 7. The Morgan fingerprint density at radius 2 is 1.84 bits per heavy atom. The van der Waals surface area contributed by atoms with Crippen molar-refractivity contribution in [2.24, 2.45) is 0 Å². The first-order chi connectivity index (χ1) is 14.7. The fraction of sp³-hybridized carbons (Fsp3) is 0.176. The Morgan fingerprint density at radius 1 is 1.19 bits per heavy atom. The molecule has 2 amide bonds. The van der Waals surface area contributed by atoms with Crippen molar-refractivity contribution in [2.75, 3.05) is 12.8 Å². The Balaban J connectivity index is 2.29. The van der Waals surface area contributed by atoms with E-state index in [9.17, 15) is 41.3 Å². The molecule has 0 aliphatic rings. The number of nitrogens with zero attached hydrogens (tertiary/aromatic N) is 1. The van der Waals surface area contributed by atoms with E-state index in [-0.39, 0.29) is 11.5 Å². The predicted octanol–water partition coefficient (Wildman–Crippen LogP) is 2.86. The number of sulfonamides is 1. The Hall–Kier alpha value is -3.23. The molecule has 0 radical (unpaired) electrons. The highest BCUT2D eigenvalue weighted by atomic mass is 35.5. The summed E-state index contributed by atoms with van der Waals surface area (Å²) in [5.41, 5.74) is -2.36. The Morgan fingerprint density at radius 3 is 2.38 bits per heavy atom. The van der Waals surface area contributed by atoms with E-state index in [1.807, 2.05) is 4.72 Å². The predicted molar refractivity (Wildman–Crippen MR) is 105 cm³/mol. The summed E-state index contributed by atoms with van der Waals surface area (Å²) in [6.45, 7) is -0.796. The number of alkyl halides is 3. The second-order valence-electron chi connectivity index (χ2n) is 6.15. The van der Waals surface area contributed by atoms with Crippen LogP contribution in [0.15, 0.2) is 36.4 Å². The lowest BCUT2D eigenvalue weighted by Gasteiger charge is -2.12. The highest BCUT2D eigenvalue weighted by Crippen LogP contribution is 2.37. The van der Waals surface area contributed by atoms with Gasteiger partial charge in [-0.25, -0.2) is 13.1 Å². The summed E-state index contributed by atoms with van der Waals surface area (Å²) in [4.78, 5) is 34.3. The summed E-state index contributed by atoms with van der Waals surface area (Å²) in [7, 11) is -3.73. The number of nitro groups is 1. The summed E-state index contributed by atoms with van der Waals surface area (Å²) < 4.78 is 67.4. The van der Waals surface area contributed by atoms with Crippen LogP contribution < -0.4 is 14.8 Å². The minimum atomic E-state index is -4.64. The molecule has 0 aliphatic carbocycles. The average molecular weight is 496 g/mol. The molecule has 0 bridgehead atoms. The number of amides is 2. The highest BCUT2D eigenvalue weighted by molar-refractivity contribution is 7.88. The van der Waals surface area contributed by atoms with Gasteiger partial charge in [0.15, 0.2) is 0 Å². The van der Waals surface area contributed by atoms with E-state index in [2.05, 4.69) is 0 Å². The van der Waals surface area contributed by atoms with Crippen LogP contribution in [0.4, 0.5) is 18.9 Å². The fourth-order valence-electron chi connectivity index (χ4n) is 2.24. The van der Waals surface area contributed by atoms with Crippen LogP contribution in [0, 0.1) is 10.1 Å². The van der Waals surface area contributed by atoms with Gasteiger partial charge in [-0.2, -0.15) is 13.2 Å². The summed E-state index contributed by atoms with van der Waals surface area (Å²) in [6.07, 6.45) is -3.86. The number of nitro benzene ring substituents is 1.